The molecule has 2 aliphatic rings. The third-order valence-corrected chi connectivity index (χ3v) is 9.68. The van der Waals surface area contributed by atoms with Gasteiger partial charge >= 0.3 is 5.97 Å². The molecule has 0 heterocycles. The van der Waals surface area contributed by atoms with E-state index in [0.717, 1.165) is 21.9 Å². The van der Waals surface area contributed by atoms with Gasteiger partial charge in [0.25, 0.3) is 0 Å². The van der Waals surface area contributed by atoms with Gasteiger partial charge in [-0.25, -0.2) is 8.42 Å². The molecule has 1 unspecified atom stereocenters. The molecule has 9 heteroatoms. The van der Waals surface area contributed by atoms with Crippen LogP contribution in [0.1, 0.15) is 31.2 Å². The second-order valence-electron chi connectivity index (χ2n) is 8.32. The molecule has 2 aliphatic carbocycles. The molecule has 4 rings (SSSR count). The maximum atomic E-state index is 13.8. The third kappa shape index (κ3) is 4.35. The average molecular weight is 527 g/mol. The van der Waals surface area contributed by atoms with Crippen LogP contribution in [0, 0.1) is 0 Å². The maximum Gasteiger partial charge on any atom is 0.318 e. The third-order valence-electron chi connectivity index (χ3n) is 6.42. The quantitative estimate of drug-likeness (QED) is 0.448. The van der Waals surface area contributed by atoms with E-state index in [2.05, 4.69) is 0 Å². The molecule has 0 spiro atoms. The van der Waals surface area contributed by atoms with Gasteiger partial charge in [-0.05, 0) is 61.1 Å². The van der Waals surface area contributed by atoms with Crippen LogP contribution in [0.3, 0.4) is 0 Å². The van der Waals surface area contributed by atoms with Gasteiger partial charge in [-0.3, -0.25) is 4.79 Å². The van der Waals surface area contributed by atoms with Gasteiger partial charge in [0.2, 0.25) is 10.0 Å². The van der Waals surface area contributed by atoms with Crippen LogP contribution in [0.25, 0.3) is 5.57 Å². The van der Waals surface area contributed by atoms with Crippen molar-refractivity contribution in [2.45, 2.75) is 41.0 Å². The molecule has 0 amide bonds. The number of carboxylic acid groups (broad SMARTS) is 1. The van der Waals surface area contributed by atoms with Crippen LogP contribution in [0.5, 0.6) is 0 Å². The van der Waals surface area contributed by atoms with Crippen molar-refractivity contribution in [2.24, 2.45) is 0 Å². The van der Waals surface area contributed by atoms with E-state index >= 15 is 0 Å². The highest BCUT2D eigenvalue weighted by atomic mass is 35.5. The lowest BCUT2D eigenvalue weighted by atomic mass is 9.64. The predicted molar refractivity (Wildman–Crippen MR) is 131 cm³/mol. The SMILES string of the molecule is O=C(O)CN(C1(C2(Cl)C=CC=C(c3cccc(Cl)c3)C2)CCC1)S(=O)(=O)c1ccccc1Cl. The van der Waals surface area contributed by atoms with Crippen molar-refractivity contribution >= 4 is 56.4 Å². The van der Waals surface area contributed by atoms with Crippen LogP contribution in [0.15, 0.2) is 71.7 Å². The Morgan fingerprint density at radius 2 is 1.82 bits per heavy atom. The summed E-state index contributed by atoms with van der Waals surface area (Å²) in [5, 5.41) is 10.3. The van der Waals surface area contributed by atoms with E-state index in [1.807, 2.05) is 24.3 Å². The van der Waals surface area contributed by atoms with Crippen LogP contribution in [-0.4, -0.2) is 40.8 Å². The molecule has 5 nitrogen and oxygen atoms in total. The largest absolute Gasteiger partial charge is 0.480 e. The lowest BCUT2D eigenvalue weighted by Crippen LogP contribution is -2.67. The molecule has 0 saturated heterocycles. The number of hydrogen-bond donors (Lipinski definition) is 1. The smallest absolute Gasteiger partial charge is 0.318 e. The minimum Gasteiger partial charge on any atom is -0.480 e. The van der Waals surface area contributed by atoms with Crippen LogP contribution in [0.2, 0.25) is 10.0 Å². The number of sulfonamides is 1. The molecule has 1 saturated carbocycles. The summed E-state index contributed by atoms with van der Waals surface area (Å²) in [6.07, 6.45) is 7.41. The number of rotatable bonds is 7. The first-order valence-corrected chi connectivity index (χ1v) is 13.0. The highest BCUT2D eigenvalue weighted by Gasteiger charge is 2.60. The first kappa shape index (κ1) is 24.3. The van der Waals surface area contributed by atoms with Crippen molar-refractivity contribution in [3.63, 3.8) is 0 Å². The van der Waals surface area contributed by atoms with Crippen molar-refractivity contribution in [2.75, 3.05) is 6.54 Å². The van der Waals surface area contributed by atoms with Gasteiger partial charge in [-0.2, -0.15) is 4.31 Å². The number of carboxylic acids is 1. The van der Waals surface area contributed by atoms with E-state index in [1.54, 1.807) is 30.4 Å². The van der Waals surface area contributed by atoms with E-state index in [1.165, 1.54) is 12.1 Å². The normalized spacial score (nSPS) is 22.0. The fourth-order valence-corrected chi connectivity index (χ4v) is 7.73. The van der Waals surface area contributed by atoms with E-state index in [9.17, 15) is 18.3 Å². The molecule has 2 aromatic carbocycles. The Kier molecular flexibility index (Phi) is 6.69. The highest BCUT2D eigenvalue weighted by Crippen LogP contribution is 2.56. The summed E-state index contributed by atoms with van der Waals surface area (Å²) in [4.78, 5) is 10.6. The number of hydrogen-bond acceptors (Lipinski definition) is 3. The van der Waals surface area contributed by atoms with Crippen molar-refractivity contribution in [1.29, 1.82) is 0 Å². The van der Waals surface area contributed by atoms with Crippen LogP contribution >= 0.6 is 34.8 Å². The molecular formula is C24H22Cl3NO4S. The molecule has 1 fully saturated rings. The van der Waals surface area contributed by atoms with Crippen molar-refractivity contribution in [1.82, 2.24) is 4.31 Å². The molecular weight excluding hydrogens is 505 g/mol. The Labute approximate surface area is 208 Å². The topological polar surface area (TPSA) is 74.7 Å². The van der Waals surface area contributed by atoms with Crippen molar-refractivity contribution in [3.05, 3.63) is 82.4 Å². The Balaban J connectivity index is 1.79. The summed E-state index contributed by atoms with van der Waals surface area (Å²) in [6.45, 7) is -0.716. The molecule has 0 aliphatic heterocycles. The fourth-order valence-electron chi connectivity index (χ4n) is 4.66. The van der Waals surface area contributed by atoms with Crippen LogP contribution in [-0.2, 0) is 14.8 Å². The fraction of sp³-hybridized carbons (Fsp3) is 0.292. The van der Waals surface area contributed by atoms with Crippen molar-refractivity contribution in [3.8, 4) is 0 Å². The zero-order chi connectivity index (χ0) is 23.9. The van der Waals surface area contributed by atoms with Gasteiger partial charge in [-0.1, -0.05) is 65.7 Å². The van der Waals surface area contributed by atoms with Gasteiger partial charge in [0.15, 0.2) is 0 Å². The molecule has 1 atom stereocenters. The highest BCUT2D eigenvalue weighted by molar-refractivity contribution is 7.89. The van der Waals surface area contributed by atoms with Gasteiger partial charge in [-0.15, -0.1) is 11.6 Å². The summed E-state index contributed by atoms with van der Waals surface area (Å²) in [5.74, 6) is -1.26. The number of alkyl halides is 1. The van der Waals surface area contributed by atoms with Gasteiger partial charge < -0.3 is 5.11 Å². The summed E-state index contributed by atoms with van der Waals surface area (Å²) in [7, 11) is -4.26. The molecule has 33 heavy (non-hydrogen) atoms. The number of carbonyl (C=O) groups is 1. The standard InChI is InChI=1S/C24H22Cl3NO4S/c25-19-8-3-6-17(14-19)18-7-4-11-23(27,15-18)24(12-5-13-24)28(16-22(29)30)33(31,32)21-10-2-1-9-20(21)26/h1-4,6-11,14H,5,12-13,15-16H2,(H,29,30). The number of aliphatic carboxylic acids is 1. The van der Waals surface area contributed by atoms with E-state index in [4.69, 9.17) is 34.8 Å². The van der Waals surface area contributed by atoms with Crippen molar-refractivity contribution < 1.29 is 18.3 Å². The zero-order valence-electron chi connectivity index (χ0n) is 17.5. The monoisotopic (exact) mass is 525 g/mol. The molecule has 174 valence electrons. The number of benzene rings is 2. The van der Waals surface area contributed by atoms with Crippen LogP contribution < -0.4 is 0 Å². The lowest BCUT2D eigenvalue weighted by Gasteiger charge is -2.57. The Morgan fingerprint density at radius 3 is 2.42 bits per heavy atom. The zero-order valence-corrected chi connectivity index (χ0v) is 20.6. The predicted octanol–water partition coefficient (Wildman–Crippen LogP) is 6.01. The second kappa shape index (κ2) is 9.08. The molecule has 1 N–H and O–H groups in total. The maximum absolute atomic E-state index is 13.8. The summed E-state index contributed by atoms with van der Waals surface area (Å²) in [5.41, 5.74) is 0.649. The van der Waals surface area contributed by atoms with Gasteiger partial charge in [0, 0.05) is 5.02 Å². The second-order valence-corrected chi connectivity index (χ2v) is 11.7. The van der Waals surface area contributed by atoms with Gasteiger partial charge in [0.05, 0.1) is 15.4 Å². The molecule has 0 bridgehead atoms. The Morgan fingerprint density at radius 1 is 1.09 bits per heavy atom. The van der Waals surface area contributed by atoms with E-state index < -0.39 is 33.0 Å². The molecule has 2 aromatic rings. The molecule has 0 radical (unpaired) electrons. The number of nitrogens with zero attached hydrogens (tertiary/aromatic N) is 1. The summed E-state index contributed by atoms with van der Waals surface area (Å²) in [6, 6.07) is 13.4. The van der Waals surface area contributed by atoms with Gasteiger partial charge in [0.1, 0.15) is 11.4 Å². The summed E-state index contributed by atoms with van der Waals surface area (Å²) < 4.78 is 28.6. The first-order valence-electron chi connectivity index (χ1n) is 10.4. The minimum absolute atomic E-state index is 0.0321. The minimum atomic E-state index is -4.26. The molecule has 0 aromatic heterocycles. The number of halogens is 3. The van der Waals surface area contributed by atoms with E-state index in [0.29, 0.717) is 24.3 Å². The Bertz CT molecular complexity index is 1250. The number of allylic oxidation sites excluding steroid dienone is 3. The Hall–Kier alpha value is -1.83. The first-order chi connectivity index (χ1) is 15.6. The van der Waals surface area contributed by atoms with Crippen LogP contribution in [0.4, 0.5) is 0 Å². The average Bonchev–Trinajstić information content (AvgIpc) is 2.72. The summed E-state index contributed by atoms with van der Waals surface area (Å²) >= 11 is 19.6. The van der Waals surface area contributed by atoms with E-state index in [-0.39, 0.29) is 9.92 Å². The lowest BCUT2D eigenvalue weighted by molar-refractivity contribution is -0.139.